The van der Waals surface area contributed by atoms with E-state index < -0.39 is 5.41 Å². The highest BCUT2D eigenvalue weighted by molar-refractivity contribution is 5.87. The van der Waals surface area contributed by atoms with Crippen LogP contribution in [-0.2, 0) is 19.1 Å². The molecular weight excluding hydrogens is 316 g/mol. The van der Waals surface area contributed by atoms with Crippen molar-refractivity contribution in [2.24, 2.45) is 5.41 Å². The van der Waals surface area contributed by atoms with Crippen molar-refractivity contribution in [3.8, 4) is 0 Å². The average molecular weight is 355 g/mol. The highest BCUT2D eigenvalue weighted by atomic mass is 16.5. The van der Waals surface area contributed by atoms with Crippen LogP contribution in [0.4, 0.5) is 0 Å². The minimum Gasteiger partial charge on any atom is -0.465 e. The lowest BCUT2D eigenvalue weighted by molar-refractivity contribution is -0.153. The molecule has 0 heterocycles. The zero-order chi connectivity index (χ0) is 19.1. The van der Waals surface area contributed by atoms with Crippen molar-refractivity contribution in [3.05, 3.63) is 12.2 Å². The standard InChI is InChI=1S/C21H38O4/c1-6-24-19(22)18(2)16-14-12-10-8-7-9-11-13-15-17-25-20(23)21(3,4)5/h2,6-17H2,1,3-5H3. The van der Waals surface area contributed by atoms with Gasteiger partial charge in [-0.05, 0) is 47.0 Å². The zero-order valence-corrected chi connectivity index (χ0v) is 16.8. The number of ether oxygens (including phenoxy) is 2. The van der Waals surface area contributed by atoms with Crippen molar-refractivity contribution < 1.29 is 19.1 Å². The second kappa shape index (κ2) is 13.9. The fourth-order valence-corrected chi connectivity index (χ4v) is 2.39. The molecular formula is C21H38O4. The van der Waals surface area contributed by atoms with Gasteiger partial charge in [0.25, 0.3) is 0 Å². The summed E-state index contributed by atoms with van der Waals surface area (Å²) in [6, 6.07) is 0. The predicted octanol–water partition coefficient (Wildman–Crippen LogP) is 5.60. The van der Waals surface area contributed by atoms with Crippen LogP contribution in [0.15, 0.2) is 12.2 Å². The average Bonchev–Trinajstić information content (AvgIpc) is 2.54. The van der Waals surface area contributed by atoms with E-state index in [2.05, 4.69) is 6.58 Å². The molecule has 146 valence electrons. The van der Waals surface area contributed by atoms with Crippen LogP contribution in [0.3, 0.4) is 0 Å². The van der Waals surface area contributed by atoms with Gasteiger partial charge in [-0.15, -0.1) is 0 Å². The fraction of sp³-hybridized carbons (Fsp3) is 0.810. The van der Waals surface area contributed by atoms with Crippen LogP contribution < -0.4 is 0 Å². The molecule has 0 N–H and O–H groups in total. The number of hydrogen-bond acceptors (Lipinski definition) is 4. The first-order valence-electron chi connectivity index (χ1n) is 9.81. The van der Waals surface area contributed by atoms with E-state index in [-0.39, 0.29) is 11.9 Å². The largest absolute Gasteiger partial charge is 0.465 e. The maximum atomic E-state index is 11.6. The summed E-state index contributed by atoms with van der Waals surface area (Å²) >= 11 is 0. The summed E-state index contributed by atoms with van der Waals surface area (Å²) in [4.78, 5) is 23.0. The van der Waals surface area contributed by atoms with Gasteiger partial charge in [0.05, 0.1) is 18.6 Å². The summed E-state index contributed by atoms with van der Waals surface area (Å²) in [7, 11) is 0. The van der Waals surface area contributed by atoms with Gasteiger partial charge in [0.15, 0.2) is 0 Å². The monoisotopic (exact) mass is 354 g/mol. The van der Waals surface area contributed by atoms with Crippen molar-refractivity contribution in [2.75, 3.05) is 13.2 Å². The van der Waals surface area contributed by atoms with Crippen LogP contribution in [0.5, 0.6) is 0 Å². The lowest BCUT2D eigenvalue weighted by Gasteiger charge is -2.16. The first-order valence-corrected chi connectivity index (χ1v) is 9.81. The number of esters is 2. The van der Waals surface area contributed by atoms with Crippen LogP contribution in [-0.4, -0.2) is 25.2 Å². The van der Waals surface area contributed by atoms with Crippen LogP contribution >= 0.6 is 0 Å². The van der Waals surface area contributed by atoms with Gasteiger partial charge in [0.1, 0.15) is 0 Å². The van der Waals surface area contributed by atoms with E-state index in [1.807, 2.05) is 27.7 Å². The van der Waals surface area contributed by atoms with Gasteiger partial charge in [0.2, 0.25) is 0 Å². The third kappa shape index (κ3) is 13.6. The molecule has 0 aliphatic heterocycles. The van der Waals surface area contributed by atoms with Crippen LogP contribution in [0.2, 0.25) is 0 Å². The van der Waals surface area contributed by atoms with Gasteiger partial charge in [0, 0.05) is 5.57 Å². The van der Waals surface area contributed by atoms with Gasteiger partial charge in [-0.1, -0.05) is 51.5 Å². The Bertz CT molecular complexity index is 393. The van der Waals surface area contributed by atoms with Gasteiger partial charge in [-0.2, -0.15) is 0 Å². The summed E-state index contributed by atoms with van der Waals surface area (Å²) in [6.07, 6.45) is 11.1. The molecule has 0 aromatic carbocycles. The van der Waals surface area contributed by atoms with Crippen molar-refractivity contribution in [3.63, 3.8) is 0 Å². The third-order valence-electron chi connectivity index (χ3n) is 4.03. The molecule has 0 saturated heterocycles. The van der Waals surface area contributed by atoms with Crippen molar-refractivity contribution in [2.45, 2.75) is 91.9 Å². The Kier molecular flexibility index (Phi) is 13.2. The molecule has 4 nitrogen and oxygen atoms in total. The number of carbonyl (C=O) groups is 2. The maximum absolute atomic E-state index is 11.6. The molecule has 0 amide bonds. The van der Waals surface area contributed by atoms with E-state index in [4.69, 9.17) is 9.47 Å². The zero-order valence-electron chi connectivity index (χ0n) is 16.8. The quantitative estimate of drug-likeness (QED) is 0.231. The molecule has 0 spiro atoms. The van der Waals surface area contributed by atoms with Crippen LogP contribution in [0.25, 0.3) is 0 Å². The Morgan fingerprint density at radius 3 is 1.76 bits per heavy atom. The van der Waals surface area contributed by atoms with Gasteiger partial charge in [-0.3, -0.25) is 4.79 Å². The van der Waals surface area contributed by atoms with Crippen molar-refractivity contribution >= 4 is 11.9 Å². The predicted molar refractivity (Wildman–Crippen MR) is 102 cm³/mol. The Morgan fingerprint density at radius 1 is 0.800 bits per heavy atom. The Hall–Kier alpha value is -1.32. The number of carbonyl (C=O) groups excluding carboxylic acids is 2. The SMILES string of the molecule is C=C(CCCCCCCCCCCOC(=O)C(C)(C)C)C(=O)OCC. The number of rotatable bonds is 14. The highest BCUT2D eigenvalue weighted by Crippen LogP contribution is 2.16. The van der Waals surface area contributed by atoms with E-state index in [9.17, 15) is 9.59 Å². The Balaban J connectivity index is 3.33. The lowest BCUT2D eigenvalue weighted by Crippen LogP contribution is -2.23. The molecule has 0 aliphatic rings. The smallest absolute Gasteiger partial charge is 0.333 e. The lowest BCUT2D eigenvalue weighted by atomic mass is 9.97. The molecule has 0 radical (unpaired) electrons. The molecule has 0 rings (SSSR count). The normalized spacial score (nSPS) is 11.2. The van der Waals surface area contributed by atoms with Crippen molar-refractivity contribution in [1.82, 2.24) is 0 Å². The highest BCUT2D eigenvalue weighted by Gasteiger charge is 2.22. The van der Waals surface area contributed by atoms with Crippen LogP contribution in [0, 0.1) is 5.41 Å². The molecule has 0 unspecified atom stereocenters. The molecule has 25 heavy (non-hydrogen) atoms. The fourth-order valence-electron chi connectivity index (χ4n) is 2.39. The molecule has 0 saturated carbocycles. The third-order valence-corrected chi connectivity index (χ3v) is 4.03. The molecule has 0 aromatic heterocycles. The second-order valence-corrected chi connectivity index (χ2v) is 7.64. The van der Waals surface area contributed by atoms with E-state index in [0.29, 0.717) is 18.8 Å². The van der Waals surface area contributed by atoms with Gasteiger partial charge in [-0.25, -0.2) is 4.79 Å². The summed E-state index contributed by atoms with van der Waals surface area (Å²) < 4.78 is 10.2. The molecule has 0 aromatic rings. The first kappa shape index (κ1) is 23.7. The molecule has 4 heteroatoms. The summed E-state index contributed by atoms with van der Waals surface area (Å²) in [5.41, 5.74) is 0.192. The minimum atomic E-state index is -0.400. The van der Waals surface area contributed by atoms with Crippen molar-refractivity contribution in [1.29, 1.82) is 0 Å². The van der Waals surface area contributed by atoms with E-state index in [1.165, 1.54) is 32.1 Å². The molecule has 0 fully saturated rings. The van der Waals surface area contributed by atoms with Gasteiger partial charge < -0.3 is 9.47 Å². The van der Waals surface area contributed by atoms with E-state index >= 15 is 0 Å². The second-order valence-electron chi connectivity index (χ2n) is 7.64. The maximum Gasteiger partial charge on any atom is 0.333 e. The Labute approximate surface area is 154 Å². The number of hydrogen-bond donors (Lipinski definition) is 0. The van der Waals surface area contributed by atoms with E-state index in [0.717, 1.165) is 32.1 Å². The van der Waals surface area contributed by atoms with Crippen LogP contribution in [0.1, 0.15) is 91.9 Å². The first-order chi connectivity index (χ1) is 11.8. The number of unbranched alkanes of at least 4 members (excludes halogenated alkanes) is 8. The Morgan fingerprint density at radius 2 is 1.28 bits per heavy atom. The van der Waals surface area contributed by atoms with Gasteiger partial charge >= 0.3 is 11.9 Å². The molecule has 0 atom stereocenters. The molecule has 0 bridgehead atoms. The minimum absolute atomic E-state index is 0.113. The summed E-state index contributed by atoms with van der Waals surface area (Å²) in [6.45, 7) is 12.2. The topological polar surface area (TPSA) is 52.6 Å². The summed E-state index contributed by atoms with van der Waals surface area (Å²) in [5.74, 6) is -0.367. The molecule has 0 aliphatic carbocycles. The summed E-state index contributed by atoms with van der Waals surface area (Å²) in [5, 5.41) is 0. The van der Waals surface area contributed by atoms with E-state index in [1.54, 1.807) is 0 Å².